The molecule has 0 aliphatic heterocycles. The highest BCUT2D eigenvalue weighted by atomic mass is 16.1. The SMILES string of the molecule is Cc1cc(NC(=O)c2ccc(-n3ccnc3)nc2)n[nH]1. The van der Waals surface area contributed by atoms with Crippen molar-refractivity contribution in [1.29, 1.82) is 0 Å². The summed E-state index contributed by atoms with van der Waals surface area (Å²) in [7, 11) is 0. The molecule has 0 bridgehead atoms. The summed E-state index contributed by atoms with van der Waals surface area (Å²) in [5.41, 5.74) is 1.35. The number of nitrogens with zero attached hydrogens (tertiary/aromatic N) is 4. The van der Waals surface area contributed by atoms with E-state index in [4.69, 9.17) is 0 Å². The number of carbonyl (C=O) groups is 1. The third kappa shape index (κ3) is 2.41. The highest BCUT2D eigenvalue weighted by molar-refractivity contribution is 6.03. The third-order valence-electron chi connectivity index (χ3n) is 2.73. The van der Waals surface area contributed by atoms with Gasteiger partial charge in [0.25, 0.3) is 5.91 Å². The van der Waals surface area contributed by atoms with Crippen LogP contribution in [-0.4, -0.2) is 30.6 Å². The van der Waals surface area contributed by atoms with Crippen LogP contribution in [0.4, 0.5) is 5.82 Å². The fraction of sp³-hybridized carbons (Fsp3) is 0.0769. The average molecular weight is 268 g/mol. The van der Waals surface area contributed by atoms with Crippen molar-refractivity contribution in [1.82, 2.24) is 24.7 Å². The summed E-state index contributed by atoms with van der Waals surface area (Å²) in [6, 6.07) is 5.22. The first kappa shape index (κ1) is 12.1. The Balaban J connectivity index is 1.75. The van der Waals surface area contributed by atoms with Gasteiger partial charge in [0, 0.05) is 30.4 Å². The minimum atomic E-state index is -0.249. The molecule has 3 heterocycles. The maximum Gasteiger partial charge on any atom is 0.258 e. The fourth-order valence-electron chi connectivity index (χ4n) is 1.74. The molecule has 0 radical (unpaired) electrons. The number of carbonyl (C=O) groups excluding carboxylic acids is 1. The minimum Gasteiger partial charge on any atom is -0.305 e. The van der Waals surface area contributed by atoms with Gasteiger partial charge in [-0.25, -0.2) is 9.97 Å². The van der Waals surface area contributed by atoms with E-state index in [1.165, 1.54) is 6.20 Å². The van der Waals surface area contributed by atoms with Gasteiger partial charge in [-0.3, -0.25) is 14.5 Å². The van der Waals surface area contributed by atoms with Crippen LogP contribution < -0.4 is 5.32 Å². The van der Waals surface area contributed by atoms with Gasteiger partial charge in [0.05, 0.1) is 5.56 Å². The number of aryl methyl sites for hydroxylation is 1. The van der Waals surface area contributed by atoms with Crippen LogP contribution in [0.2, 0.25) is 0 Å². The van der Waals surface area contributed by atoms with E-state index in [1.54, 1.807) is 41.5 Å². The number of amides is 1. The molecule has 0 fully saturated rings. The highest BCUT2D eigenvalue weighted by Gasteiger charge is 2.08. The summed E-state index contributed by atoms with van der Waals surface area (Å²) >= 11 is 0. The topological polar surface area (TPSA) is 88.5 Å². The van der Waals surface area contributed by atoms with E-state index < -0.39 is 0 Å². The zero-order valence-corrected chi connectivity index (χ0v) is 10.7. The number of hydrogen-bond donors (Lipinski definition) is 2. The lowest BCUT2D eigenvalue weighted by atomic mass is 10.2. The smallest absolute Gasteiger partial charge is 0.258 e. The minimum absolute atomic E-state index is 0.249. The van der Waals surface area contributed by atoms with Gasteiger partial charge in [-0.2, -0.15) is 5.10 Å². The van der Waals surface area contributed by atoms with E-state index in [0.29, 0.717) is 17.2 Å². The number of nitrogens with one attached hydrogen (secondary N) is 2. The number of imidazole rings is 1. The lowest BCUT2D eigenvalue weighted by molar-refractivity contribution is 0.102. The van der Waals surface area contributed by atoms with Crippen LogP contribution >= 0.6 is 0 Å². The summed E-state index contributed by atoms with van der Waals surface area (Å²) in [5.74, 6) is 0.946. The predicted molar refractivity (Wildman–Crippen MR) is 72.6 cm³/mol. The van der Waals surface area contributed by atoms with E-state index >= 15 is 0 Å². The number of pyridine rings is 1. The summed E-state index contributed by atoms with van der Waals surface area (Å²) in [4.78, 5) is 20.2. The second-order valence-corrected chi connectivity index (χ2v) is 4.27. The van der Waals surface area contributed by atoms with Crippen LogP contribution in [0.5, 0.6) is 0 Å². The molecule has 0 saturated heterocycles. The lowest BCUT2D eigenvalue weighted by Crippen LogP contribution is -2.12. The zero-order valence-electron chi connectivity index (χ0n) is 10.7. The Morgan fingerprint density at radius 2 is 2.30 bits per heavy atom. The standard InChI is InChI=1S/C13H12N6O/c1-9-6-11(18-17-9)16-13(20)10-2-3-12(15-7-10)19-5-4-14-8-19/h2-8H,1H3,(H2,16,17,18,20). The molecule has 1 amide bonds. The molecule has 20 heavy (non-hydrogen) atoms. The van der Waals surface area contributed by atoms with Crippen LogP contribution in [0, 0.1) is 6.92 Å². The van der Waals surface area contributed by atoms with Crippen LogP contribution in [0.15, 0.2) is 43.1 Å². The van der Waals surface area contributed by atoms with Crippen molar-refractivity contribution in [2.45, 2.75) is 6.92 Å². The Morgan fingerprint density at radius 1 is 1.40 bits per heavy atom. The fourth-order valence-corrected chi connectivity index (χ4v) is 1.74. The number of aromatic nitrogens is 5. The van der Waals surface area contributed by atoms with Gasteiger partial charge >= 0.3 is 0 Å². The molecule has 2 N–H and O–H groups in total. The van der Waals surface area contributed by atoms with Crippen LogP contribution in [0.3, 0.4) is 0 Å². The summed E-state index contributed by atoms with van der Waals surface area (Å²) in [6.07, 6.45) is 6.62. The van der Waals surface area contributed by atoms with Crippen LogP contribution in [0.1, 0.15) is 16.1 Å². The van der Waals surface area contributed by atoms with Gasteiger partial charge in [-0.15, -0.1) is 0 Å². The van der Waals surface area contributed by atoms with Crippen molar-refractivity contribution in [3.05, 3.63) is 54.4 Å². The molecule has 0 aromatic carbocycles. The van der Waals surface area contributed by atoms with Gasteiger partial charge in [-0.05, 0) is 19.1 Å². The summed E-state index contributed by atoms with van der Waals surface area (Å²) in [6.45, 7) is 1.87. The molecule has 0 spiro atoms. The Labute approximate surface area is 114 Å². The number of H-pyrrole nitrogens is 1. The van der Waals surface area contributed by atoms with Gasteiger partial charge in [-0.1, -0.05) is 0 Å². The number of aromatic amines is 1. The molecule has 0 unspecified atom stereocenters. The molecule has 3 aromatic rings. The average Bonchev–Trinajstić information content (AvgIpc) is 3.11. The van der Waals surface area contributed by atoms with E-state index in [0.717, 1.165) is 5.69 Å². The lowest BCUT2D eigenvalue weighted by Gasteiger charge is -2.03. The van der Waals surface area contributed by atoms with E-state index in [9.17, 15) is 4.79 Å². The van der Waals surface area contributed by atoms with Crippen molar-refractivity contribution < 1.29 is 4.79 Å². The molecule has 100 valence electrons. The summed E-state index contributed by atoms with van der Waals surface area (Å²) in [5, 5.41) is 9.41. The number of rotatable bonds is 3. The molecule has 0 aliphatic carbocycles. The van der Waals surface area contributed by atoms with Crippen molar-refractivity contribution in [3.8, 4) is 5.82 Å². The van der Waals surface area contributed by atoms with E-state index in [1.807, 2.05) is 6.92 Å². The Hall–Kier alpha value is -2.96. The van der Waals surface area contributed by atoms with Crippen LogP contribution in [-0.2, 0) is 0 Å². The van der Waals surface area contributed by atoms with Crippen LogP contribution in [0.25, 0.3) is 5.82 Å². The number of anilines is 1. The number of hydrogen-bond acceptors (Lipinski definition) is 4. The Morgan fingerprint density at radius 3 is 2.90 bits per heavy atom. The predicted octanol–water partition coefficient (Wildman–Crippen LogP) is 1.55. The molecule has 3 rings (SSSR count). The van der Waals surface area contributed by atoms with Gasteiger partial charge in [0.2, 0.25) is 0 Å². The van der Waals surface area contributed by atoms with Crippen molar-refractivity contribution in [3.63, 3.8) is 0 Å². The largest absolute Gasteiger partial charge is 0.305 e. The quantitative estimate of drug-likeness (QED) is 0.754. The molecule has 7 nitrogen and oxygen atoms in total. The molecule has 7 heteroatoms. The maximum absolute atomic E-state index is 12.0. The van der Waals surface area contributed by atoms with Gasteiger partial charge in [0.1, 0.15) is 12.1 Å². The molecule has 0 atom stereocenters. The third-order valence-corrected chi connectivity index (χ3v) is 2.73. The molecule has 0 saturated carbocycles. The second kappa shape index (κ2) is 4.96. The maximum atomic E-state index is 12.0. The Kier molecular flexibility index (Phi) is 3.00. The molecule has 0 aliphatic rings. The van der Waals surface area contributed by atoms with E-state index in [2.05, 4.69) is 25.5 Å². The first-order valence-electron chi connectivity index (χ1n) is 6.00. The van der Waals surface area contributed by atoms with Crippen molar-refractivity contribution >= 4 is 11.7 Å². The first-order valence-corrected chi connectivity index (χ1v) is 6.00. The highest BCUT2D eigenvalue weighted by Crippen LogP contribution is 2.09. The van der Waals surface area contributed by atoms with Gasteiger partial charge < -0.3 is 5.32 Å². The molecule has 3 aromatic heterocycles. The zero-order chi connectivity index (χ0) is 13.9. The Bertz CT molecular complexity index is 714. The second-order valence-electron chi connectivity index (χ2n) is 4.27. The summed E-state index contributed by atoms with van der Waals surface area (Å²) < 4.78 is 1.76. The normalized spacial score (nSPS) is 10.4. The van der Waals surface area contributed by atoms with E-state index in [-0.39, 0.29) is 5.91 Å². The van der Waals surface area contributed by atoms with Crippen molar-refractivity contribution in [2.24, 2.45) is 0 Å². The van der Waals surface area contributed by atoms with Gasteiger partial charge in [0.15, 0.2) is 5.82 Å². The molecular formula is C13H12N6O. The first-order chi connectivity index (χ1) is 9.72. The van der Waals surface area contributed by atoms with Crippen molar-refractivity contribution in [2.75, 3.05) is 5.32 Å². The monoisotopic (exact) mass is 268 g/mol. The molecular weight excluding hydrogens is 256 g/mol.